The smallest absolute Gasteiger partial charge is 0.137 e. The summed E-state index contributed by atoms with van der Waals surface area (Å²) in [5.74, 6) is 0.751. The summed E-state index contributed by atoms with van der Waals surface area (Å²) >= 11 is 6.28. The standard InChI is InChI=1S/C17H19ClN2O/c18-16-11-14(12-20-15-2-3-15)1-4-17(16)21-10-7-13-5-8-19-9-6-13/h1,4-6,8-9,11,15,20H,2-3,7,10,12H2. The van der Waals surface area contributed by atoms with Gasteiger partial charge in [0.05, 0.1) is 11.6 Å². The maximum Gasteiger partial charge on any atom is 0.137 e. The third kappa shape index (κ3) is 4.45. The molecule has 1 aliphatic carbocycles. The fourth-order valence-electron chi connectivity index (χ4n) is 2.15. The van der Waals surface area contributed by atoms with Crippen LogP contribution in [0.2, 0.25) is 5.02 Å². The van der Waals surface area contributed by atoms with Crippen LogP contribution in [-0.4, -0.2) is 17.6 Å². The number of nitrogens with zero attached hydrogens (tertiary/aromatic N) is 1. The fourth-order valence-corrected chi connectivity index (χ4v) is 2.41. The molecule has 0 unspecified atom stereocenters. The van der Waals surface area contributed by atoms with Gasteiger partial charge in [-0.05, 0) is 48.2 Å². The molecular weight excluding hydrogens is 284 g/mol. The summed E-state index contributed by atoms with van der Waals surface area (Å²) in [6.07, 6.45) is 7.03. The molecule has 0 radical (unpaired) electrons. The van der Waals surface area contributed by atoms with E-state index in [9.17, 15) is 0 Å². The van der Waals surface area contributed by atoms with Crippen molar-refractivity contribution in [1.29, 1.82) is 0 Å². The Balaban J connectivity index is 1.50. The van der Waals surface area contributed by atoms with E-state index < -0.39 is 0 Å². The van der Waals surface area contributed by atoms with Crippen molar-refractivity contribution in [1.82, 2.24) is 10.3 Å². The van der Waals surface area contributed by atoms with E-state index in [1.165, 1.54) is 24.0 Å². The van der Waals surface area contributed by atoms with Gasteiger partial charge in [0.25, 0.3) is 0 Å². The van der Waals surface area contributed by atoms with Crippen LogP contribution in [0, 0.1) is 0 Å². The van der Waals surface area contributed by atoms with Crippen molar-refractivity contribution in [3.8, 4) is 5.75 Å². The van der Waals surface area contributed by atoms with Crippen LogP contribution in [0.3, 0.4) is 0 Å². The van der Waals surface area contributed by atoms with Crippen molar-refractivity contribution < 1.29 is 4.74 Å². The summed E-state index contributed by atoms with van der Waals surface area (Å²) in [7, 11) is 0. The largest absolute Gasteiger partial charge is 0.492 e. The lowest BCUT2D eigenvalue weighted by Gasteiger charge is -2.10. The minimum absolute atomic E-state index is 0.614. The van der Waals surface area contributed by atoms with Crippen LogP contribution in [0.4, 0.5) is 0 Å². The lowest BCUT2D eigenvalue weighted by molar-refractivity contribution is 0.322. The number of nitrogens with one attached hydrogen (secondary N) is 1. The van der Waals surface area contributed by atoms with Gasteiger partial charge < -0.3 is 10.1 Å². The average Bonchev–Trinajstić information content (AvgIpc) is 3.32. The highest BCUT2D eigenvalue weighted by Crippen LogP contribution is 2.26. The van der Waals surface area contributed by atoms with Crippen molar-refractivity contribution >= 4 is 11.6 Å². The number of pyridine rings is 1. The normalized spacial score (nSPS) is 14.1. The molecule has 1 aromatic carbocycles. The molecule has 0 amide bonds. The number of hydrogen-bond acceptors (Lipinski definition) is 3. The topological polar surface area (TPSA) is 34.1 Å². The predicted molar refractivity (Wildman–Crippen MR) is 84.7 cm³/mol. The molecule has 3 nitrogen and oxygen atoms in total. The van der Waals surface area contributed by atoms with Crippen LogP contribution in [0.15, 0.2) is 42.7 Å². The number of rotatable bonds is 7. The maximum absolute atomic E-state index is 6.28. The molecule has 1 heterocycles. The van der Waals surface area contributed by atoms with E-state index in [0.29, 0.717) is 17.7 Å². The minimum atomic E-state index is 0.614. The molecule has 0 saturated heterocycles. The number of ether oxygens (including phenoxy) is 1. The molecule has 3 rings (SSSR count). The first-order valence-corrected chi connectivity index (χ1v) is 7.72. The molecule has 1 fully saturated rings. The quantitative estimate of drug-likeness (QED) is 0.848. The van der Waals surface area contributed by atoms with Gasteiger partial charge in [0.2, 0.25) is 0 Å². The number of aromatic nitrogens is 1. The molecule has 110 valence electrons. The van der Waals surface area contributed by atoms with Crippen molar-refractivity contribution in [3.63, 3.8) is 0 Å². The maximum atomic E-state index is 6.28. The lowest BCUT2D eigenvalue weighted by atomic mass is 10.2. The highest BCUT2D eigenvalue weighted by Gasteiger charge is 2.20. The first kappa shape index (κ1) is 14.4. The van der Waals surface area contributed by atoms with Crippen molar-refractivity contribution in [2.75, 3.05) is 6.61 Å². The number of benzene rings is 1. The highest BCUT2D eigenvalue weighted by atomic mass is 35.5. The van der Waals surface area contributed by atoms with Crippen LogP contribution < -0.4 is 10.1 Å². The Hall–Kier alpha value is -1.58. The molecule has 4 heteroatoms. The third-order valence-corrected chi connectivity index (χ3v) is 3.86. The predicted octanol–water partition coefficient (Wildman–Crippen LogP) is 3.61. The second-order valence-corrected chi connectivity index (χ2v) is 5.78. The molecule has 1 aliphatic rings. The summed E-state index contributed by atoms with van der Waals surface area (Å²) < 4.78 is 5.76. The Labute approximate surface area is 130 Å². The van der Waals surface area contributed by atoms with Gasteiger partial charge in [0, 0.05) is 31.4 Å². The third-order valence-electron chi connectivity index (χ3n) is 3.57. The van der Waals surface area contributed by atoms with E-state index in [0.717, 1.165) is 18.7 Å². The monoisotopic (exact) mass is 302 g/mol. The molecule has 0 aliphatic heterocycles. The van der Waals surface area contributed by atoms with Crippen LogP contribution in [-0.2, 0) is 13.0 Å². The van der Waals surface area contributed by atoms with Crippen LogP contribution in [0.1, 0.15) is 24.0 Å². The van der Waals surface area contributed by atoms with E-state index in [-0.39, 0.29) is 0 Å². The van der Waals surface area contributed by atoms with Gasteiger partial charge in [-0.2, -0.15) is 0 Å². The Morgan fingerprint density at radius 2 is 1.95 bits per heavy atom. The Kier molecular flexibility index (Phi) is 4.73. The van der Waals surface area contributed by atoms with Crippen molar-refractivity contribution in [2.24, 2.45) is 0 Å². The van der Waals surface area contributed by atoms with Gasteiger partial charge in [-0.1, -0.05) is 17.7 Å². The fraction of sp³-hybridized carbons (Fsp3) is 0.353. The zero-order valence-corrected chi connectivity index (χ0v) is 12.6. The molecule has 21 heavy (non-hydrogen) atoms. The molecule has 1 N–H and O–H groups in total. The van der Waals surface area contributed by atoms with E-state index in [1.54, 1.807) is 12.4 Å². The molecule has 1 aromatic heterocycles. The summed E-state index contributed by atoms with van der Waals surface area (Å²) in [6.45, 7) is 1.49. The van der Waals surface area contributed by atoms with Gasteiger partial charge in [-0.15, -0.1) is 0 Å². The van der Waals surface area contributed by atoms with Gasteiger partial charge in [0.15, 0.2) is 0 Å². The second-order valence-electron chi connectivity index (χ2n) is 5.37. The number of halogens is 1. The van der Waals surface area contributed by atoms with E-state index >= 15 is 0 Å². The number of hydrogen-bond donors (Lipinski definition) is 1. The van der Waals surface area contributed by atoms with Crippen LogP contribution in [0.25, 0.3) is 0 Å². The van der Waals surface area contributed by atoms with Gasteiger partial charge in [-0.25, -0.2) is 0 Å². The second kappa shape index (κ2) is 6.92. The zero-order chi connectivity index (χ0) is 14.5. The molecule has 0 bridgehead atoms. The van der Waals surface area contributed by atoms with Gasteiger partial charge in [-0.3, -0.25) is 4.98 Å². The molecule has 0 spiro atoms. The highest BCUT2D eigenvalue weighted by molar-refractivity contribution is 6.32. The van der Waals surface area contributed by atoms with E-state index in [1.807, 2.05) is 24.3 Å². The Morgan fingerprint density at radius 1 is 1.14 bits per heavy atom. The summed E-state index contributed by atoms with van der Waals surface area (Å²) in [5, 5.41) is 4.16. The Morgan fingerprint density at radius 3 is 2.67 bits per heavy atom. The van der Waals surface area contributed by atoms with Crippen molar-refractivity contribution in [2.45, 2.75) is 31.8 Å². The minimum Gasteiger partial charge on any atom is -0.492 e. The van der Waals surface area contributed by atoms with Crippen LogP contribution >= 0.6 is 11.6 Å². The first-order chi connectivity index (χ1) is 10.3. The van der Waals surface area contributed by atoms with E-state index in [2.05, 4.69) is 16.4 Å². The molecule has 1 saturated carbocycles. The van der Waals surface area contributed by atoms with Crippen molar-refractivity contribution in [3.05, 3.63) is 58.9 Å². The summed E-state index contributed by atoms with van der Waals surface area (Å²) in [4.78, 5) is 4.00. The Bertz CT molecular complexity index is 585. The van der Waals surface area contributed by atoms with Crippen LogP contribution in [0.5, 0.6) is 5.75 Å². The SMILES string of the molecule is Clc1cc(CNC2CC2)ccc1OCCc1ccncc1. The first-order valence-electron chi connectivity index (χ1n) is 7.35. The van der Waals surface area contributed by atoms with Gasteiger partial charge >= 0.3 is 0 Å². The molecular formula is C17H19ClN2O. The van der Waals surface area contributed by atoms with E-state index in [4.69, 9.17) is 16.3 Å². The zero-order valence-electron chi connectivity index (χ0n) is 11.9. The van der Waals surface area contributed by atoms with Gasteiger partial charge in [0.1, 0.15) is 5.75 Å². The average molecular weight is 303 g/mol. The molecule has 0 atom stereocenters. The lowest BCUT2D eigenvalue weighted by Crippen LogP contribution is -2.15. The molecule has 2 aromatic rings. The summed E-state index contributed by atoms with van der Waals surface area (Å²) in [6, 6.07) is 10.7. The summed E-state index contributed by atoms with van der Waals surface area (Å²) in [5.41, 5.74) is 2.42.